The third-order valence-corrected chi connectivity index (χ3v) is 8.61. The average molecular weight is 606 g/mol. The zero-order valence-electron chi connectivity index (χ0n) is 24.3. The highest BCUT2D eigenvalue weighted by Gasteiger charge is 2.38. The molecule has 222 valence electrons. The van der Waals surface area contributed by atoms with Gasteiger partial charge in [0.2, 0.25) is 11.8 Å². The Morgan fingerprint density at radius 2 is 1.68 bits per heavy atom. The molecule has 1 N–H and O–H groups in total. The Balaban J connectivity index is 1.53. The first-order valence-electron chi connectivity index (χ1n) is 14.1. The Labute approximate surface area is 259 Å². The Morgan fingerprint density at radius 1 is 0.932 bits per heavy atom. The highest BCUT2D eigenvalue weighted by atomic mass is 32.2. The van der Waals surface area contributed by atoms with Crippen molar-refractivity contribution in [1.82, 2.24) is 20.1 Å². The van der Waals surface area contributed by atoms with Crippen molar-refractivity contribution in [3.63, 3.8) is 0 Å². The molecular formula is C34H31N5O4S. The number of pyridine rings is 1. The predicted molar refractivity (Wildman–Crippen MR) is 171 cm³/mol. The molecule has 1 aliphatic heterocycles. The first kappa shape index (κ1) is 29.0. The van der Waals surface area contributed by atoms with Crippen molar-refractivity contribution in [3.8, 4) is 28.4 Å². The summed E-state index contributed by atoms with van der Waals surface area (Å²) in [5.41, 5.74) is 4.80. The van der Waals surface area contributed by atoms with E-state index in [2.05, 4.69) is 10.3 Å². The normalized spacial score (nSPS) is 14.5. The molecule has 0 bridgehead atoms. The highest BCUT2D eigenvalue weighted by Crippen LogP contribution is 2.50. The highest BCUT2D eigenvalue weighted by molar-refractivity contribution is 8.00. The van der Waals surface area contributed by atoms with Crippen molar-refractivity contribution in [2.75, 3.05) is 31.4 Å². The fourth-order valence-electron chi connectivity index (χ4n) is 5.25. The molecule has 9 nitrogen and oxygen atoms in total. The zero-order valence-corrected chi connectivity index (χ0v) is 25.2. The summed E-state index contributed by atoms with van der Waals surface area (Å²) < 4.78 is 12.9. The lowest BCUT2D eigenvalue weighted by Gasteiger charge is -2.23. The van der Waals surface area contributed by atoms with Crippen molar-refractivity contribution >= 4 is 29.4 Å². The van der Waals surface area contributed by atoms with Gasteiger partial charge in [-0.1, -0.05) is 54.6 Å². The monoisotopic (exact) mass is 605 g/mol. The summed E-state index contributed by atoms with van der Waals surface area (Å²) in [5, 5.41) is 7.74. The van der Waals surface area contributed by atoms with Gasteiger partial charge in [-0.15, -0.1) is 11.8 Å². The molecule has 2 aromatic heterocycles. The standard InChI is InChI=1S/C34H31N5O4S/c1-42-26-17-15-25(16-18-26)39-34-31(32(37-39)23-10-4-3-5-11-23)33(27-13-6-7-14-28(27)43-2)44-22-30(41)38(34)21-29(40)36-20-24-12-8-9-19-35-24/h3-19,33H,20-22H2,1-2H3,(H,36,40). The molecule has 44 heavy (non-hydrogen) atoms. The fraction of sp³-hybridized carbons (Fsp3) is 0.176. The van der Waals surface area contributed by atoms with Crippen LogP contribution < -0.4 is 19.7 Å². The number of methoxy groups -OCH3 is 2. The Morgan fingerprint density at radius 3 is 2.41 bits per heavy atom. The second-order valence-corrected chi connectivity index (χ2v) is 11.2. The van der Waals surface area contributed by atoms with Gasteiger partial charge in [0, 0.05) is 22.9 Å². The molecule has 0 spiro atoms. The molecule has 1 aliphatic rings. The summed E-state index contributed by atoms with van der Waals surface area (Å²) in [7, 11) is 3.25. The lowest BCUT2D eigenvalue weighted by molar-refractivity contribution is -0.123. The molecule has 0 aliphatic carbocycles. The van der Waals surface area contributed by atoms with E-state index in [4.69, 9.17) is 14.6 Å². The van der Waals surface area contributed by atoms with Gasteiger partial charge in [-0.3, -0.25) is 19.5 Å². The number of carbonyl (C=O) groups is 2. The Hall–Kier alpha value is -5.09. The molecule has 3 heterocycles. The van der Waals surface area contributed by atoms with E-state index in [0.717, 1.165) is 28.1 Å². The van der Waals surface area contributed by atoms with E-state index in [-0.39, 0.29) is 35.9 Å². The largest absolute Gasteiger partial charge is 0.497 e. The van der Waals surface area contributed by atoms with Crippen molar-refractivity contribution < 1.29 is 19.1 Å². The lowest BCUT2D eigenvalue weighted by Crippen LogP contribution is -2.42. The molecule has 0 fully saturated rings. The molecule has 0 saturated heterocycles. The minimum atomic E-state index is -0.311. The van der Waals surface area contributed by atoms with Crippen molar-refractivity contribution in [2.45, 2.75) is 11.8 Å². The molecule has 5 aromatic rings. The van der Waals surface area contributed by atoms with Crippen LogP contribution in [0.4, 0.5) is 5.82 Å². The minimum Gasteiger partial charge on any atom is -0.497 e. The van der Waals surface area contributed by atoms with E-state index < -0.39 is 0 Å². The van der Waals surface area contributed by atoms with Crippen molar-refractivity contribution in [1.29, 1.82) is 0 Å². The molecule has 2 amide bonds. The number of para-hydroxylation sites is 1. The van der Waals surface area contributed by atoms with Gasteiger partial charge in [0.15, 0.2) is 0 Å². The molecule has 3 aromatic carbocycles. The first-order chi connectivity index (χ1) is 21.6. The van der Waals surface area contributed by atoms with Crippen LogP contribution in [0.25, 0.3) is 16.9 Å². The average Bonchev–Trinajstić information content (AvgIpc) is 3.41. The van der Waals surface area contributed by atoms with E-state index in [1.807, 2.05) is 97.1 Å². The van der Waals surface area contributed by atoms with Crippen LogP contribution in [0.2, 0.25) is 0 Å². The minimum absolute atomic E-state index is 0.155. The van der Waals surface area contributed by atoms with Gasteiger partial charge in [0.25, 0.3) is 0 Å². The summed E-state index contributed by atoms with van der Waals surface area (Å²) in [6.45, 7) is 0.0636. The topological polar surface area (TPSA) is 98.6 Å². The van der Waals surface area contributed by atoms with Crippen molar-refractivity contribution in [2.24, 2.45) is 0 Å². The number of carbonyl (C=O) groups excluding carboxylic acids is 2. The van der Waals surface area contributed by atoms with Crippen LogP contribution in [-0.4, -0.2) is 53.1 Å². The molecule has 0 saturated carbocycles. The third-order valence-electron chi connectivity index (χ3n) is 7.37. The quantitative estimate of drug-likeness (QED) is 0.239. The zero-order chi connectivity index (χ0) is 30.5. The maximum absolute atomic E-state index is 14.0. The molecular weight excluding hydrogens is 574 g/mol. The summed E-state index contributed by atoms with van der Waals surface area (Å²) in [6.07, 6.45) is 1.68. The Kier molecular flexibility index (Phi) is 8.60. The van der Waals surface area contributed by atoms with Gasteiger partial charge in [-0.05, 0) is 42.5 Å². The van der Waals surface area contributed by atoms with Gasteiger partial charge >= 0.3 is 0 Å². The summed E-state index contributed by atoms with van der Waals surface area (Å²) in [5.74, 6) is 1.59. The number of anilines is 1. The summed E-state index contributed by atoms with van der Waals surface area (Å²) in [4.78, 5) is 33.2. The van der Waals surface area contributed by atoms with Crippen LogP contribution in [-0.2, 0) is 16.1 Å². The van der Waals surface area contributed by atoms with Crippen molar-refractivity contribution in [3.05, 3.63) is 120 Å². The number of hydrogen-bond acceptors (Lipinski definition) is 7. The number of benzene rings is 3. The SMILES string of the molecule is COc1ccc(-n2nc(-c3ccccc3)c3c2N(CC(=O)NCc2ccccn2)C(=O)CSC3c2ccccc2OC)cc1. The predicted octanol–water partition coefficient (Wildman–Crippen LogP) is 5.44. The number of thioether (sulfide) groups is 1. The van der Waals surface area contributed by atoms with Crippen LogP contribution in [0.5, 0.6) is 11.5 Å². The van der Waals surface area contributed by atoms with Gasteiger partial charge in [0.05, 0.1) is 48.8 Å². The van der Waals surface area contributed by atoms with Gasteiger partial charge in [-0.25, -0.2) is 4.68 Å². The van der Waals surface area contributed by atoms with E-state index in [1.165, 1.54) is 11.8 Å². The molecule has 10 heteroatoms. The summed E-state index contributed by atoms with van der Waals surface area (Å²) in [6, 6.07) is 30.7. The Bertz CT molecular complexity index is 1760. The third kappa shape index (κ3) is 5.89. The van der Waals surface area contributed by atoms with Gasteiger partial charge < -0.3 is 14.8 Å². The number of aromatic nitrogens is 3. The van der Waals surface area contributed by atoms with Crippen LogP contribution >= 0.6 is 11.8 Å². The molecule has 1 atom stereocenters. The maximum atomic E-state index is 14.0. The second-order valence-electron chi connectivity index (χ2n) is 10.1. The van der Waals surface area contributed by atoms with Gasteiger partial charge in [0.1, 0.15) is 23.9 Å². The molecule has 6 rings (SSSR count). The van der Waals surface area contributed by atoms with Crippen LogP contribution in [0.1, 0.15) is 22.1 Å². The first-order valence-corrected chi connectivity index (χ1v) is 15.2. The van der Waals surface area contributed by atoms with Crippen LogP contribution in [0.15, 0.2) is 103 Å². The number of ether oxygens (including phenoxy) is 2. The maximum Gasteiger partial charge on any atom is 0.240 e. The van der Waals surface area contributed by atoms with Crippen LogP contribution in [0, 0.1) is 0 Å². The number of nitrogens with one attached hydrogen (secondary N) is 1. The fourth-order valence-corrected chi connectivity index (χ4v) is 6.47. The second kappa shape index (κ2) is 13.0. The number of nitrogens with zero attached hydrogens (tertiary/aromatic N) is 4. The van der Waals surface area contributed by atoms with E-state index in [0.29, 0.717) is 23.0 Å². The number of hydrogen-bond donors (Lipinski definition) is 1. The van der Waals surface area contributed by atoms with E-state index in [9.17, 15) is 9.59 Å². The molecule has 0 radical (unpaired) electrons. The smallest absolute Gasteiger partial charge is 0.240 e. The summed E-state index contributed by atoms with van der Waals surface area (Å²) >= 11 is 1.50. The lowest BCUT2D eigenvalue weighted by atomic mass is 9.99. The van der Waals surface area contributed by atoms with Gasteiger partial charge in [-0.2, -0.15) is 5.10 Å². The van der Waals surface area contributed by atoms with E-state index >= 15 is 0 Å². The van der Waals surface area contributed by atoms with E-state index in [1.54, 1.807) is 30.0 Å². The molecule has 1 unspecified atom stereocenters. The number of fused-ring (bicyclic) bond motifs is 1. The number of rotatable bonds is 9. The van der Waals surface area contributed by atoms with Crippen LogP contribution in [0.3, 0.4) is 0 Å². The number of amides is 2.